The summed E-state index contributed by atoms with van der Waals surface area (Å²) in [7, 11) is 0. The van der Waals surface area contributed by atoms with Crippen LogP contribution in [0, 0.1) is 0 Å². The van der Waals surface area contributed by atoms with Gasteiger partial charge in [-0.1, -0.05) is 18.2 Å². The molecule has 0 bridgehead atoms. The van der Waals surface area contributed by atoms with E-state index in [4.69, 9.17) is 9.47 Å². The Morgan fingerprint density at radius 1 is 1.43 bits per heavy atom. The van der Waals surface area contributed by atoms with Crippen LogP contribution >= 0.6 is 0 Å². The zero-order valence-electron chi connectivity index (χ0n) is 13.1. The van der Waals surface area contributed by atoms with Gasteiger partial charge in [-0.05, 0) is 31.9 Å². The Labute approximate surface area is 135 Å². The zero-order chi connectivity index (χ0) is 16.1. The van der Waals surface area contributed by atoms with Crippen LogP contribution < -0.4 is 10.1 Å². The Hall–Kier alpha value is -2.34. The molecule has 0 radical (unpaired) electrons. The van der Waals surface area contributed by atoms with Crippen molar-refractivity contribution in [2.75, 3.05) is 13.2 Å². The molecular formula is C17H21N3O3. The largest absolute Gasteiger partial charge is 0.463 e. The van der Waals surface area contributed by atoms with E-state index in [9.17, 15) is 4.79 Å². The molecule has 1 amide bonds. The van der Waals surface area contributed by atoms with E-state index in [-0.39, 0.29) is 12.0 Å². The number of aromatic nitrogens is 2. The number of hydrogen-bond acceptors (Lipinski definition) is 4. The number of benzene rings is 1. The summed E-state index contributed by atoms with van der Waals surface area (Å²) in [6.07, 6.45) is 3.39. The van der Waals surface area contributed by atoms with E-state index in [0.717, 1.165) is 25.1 Å². The standard InChI is InChI=1S/C17H21N3O3/c1-13(17(21)18-12-15-8-5-11-22-15)23-16-9-10-20(19-16)14-6-3-2-4-7-14/h2-4,6-7,9-10,13,15H,5,8,11-12H2,1H3,(H,18,21). The van der Waals surface area contributed by atoms with Gasteiger partial charge in [0.15, 0.2) is 6.10 Å². The molecule has 1 aliphatic heterocycles. The summed E-state index contributed by atoms with van der Waals surface area (Å²) < 4.78 is 12.8. The van der Waals surface area contributed by atoms with Gasteiger partial charge >= 0.3 is 0 Å². The van der Waals surface area contributed by atoms with Gasteiger partial charge in [0.1, 0.15) is 0 Å². The van der Waals surface area contributed by atoms with Gasteiger partial charge in [-0.15, -0.1) is 5.10 Å². The maximum atomic E-state index is 12.1. The van der Waals surface area contributed by atoms with Crippen LogP contribution in [-0.2, 0) is 9.53 Å². The second-order valence-corrected chi connectivity index (χ2v) is 5.57. The number of amides is 1. The van der Waals surface area contributed by atoms with Crippen molar-refractivity contribution in [3.63, 3.8) is 0 Å². The van der Waals surface area contributed by atoms with Crippen LogP contribution in [0.3, 0.4) is 0 Å². The molecule has 1 aromatic heterocycles. The predicted octanol–water partition coefficient (Wildman–Crippen LogP) is 1.93. The number of rotatable bonds is 6. The summed E-state index contributed by atoms with van der Waals surface area (Å²) in [6, 6.07) is 11.5. The Bertz CT molecular complexity index is 636. The van der Waals surface area contributed by atoms with E-state index < -0.39 is 6.10 Å². The van der Waals surface area contributed by atoms with E-state index in [0.29, 0.717) is 12.4 Å². The minimum atomic E-state index is -0.601. The molecule has 1 aliphatic rings. The smallest absolute Gasteiger partial charge is 0.260 e. The van der Waals surface area contributed by atoms with Crippen molar-refractivity contribution in [2.45, 2.75) is 32.0 Å². The number of nitrogens with zero attached hydrogens (tertiary/aromatic N) is 2. The van der Waals surface area contributed by atoms with Crippen LogP contribution in [0.4, 0.5) is 0 Å². The highest BCUT2D eigenvalue weighted by Crippen LogP contribution is 2.13. The maximum Gasteiger partial charge on any atom is 0.260 e. The van der Waals surface area contributed by atoms with E-state index in [1.165, 1.54) is 0 Å². The summed E-state index contributed by atoms with van der Waals surface area (Å²) in [6.45, 7) is 3.03. The van der Waals surface area contributed by atoms with Crippen molar-refractivity contribution < 1.29 is 14.3 Å². The summed E-state index contributed by atoms with van der Waals surface area (Å²) >= 11 is 0. The third kappa shape index (κ3) is 4.10. The second kappa shape index (κ2) is 7.28. The summed E-state index contributed by atoms with van der Waals surface area (Å²) in [5.41, 5.74) is 0.942. The van der Waals surface area contributed by atoms with Crippen LogP contribution in [0.25, 0.3) is 5.69 Å². The van der Waals surface area contributed by atoms with Crippen molar-refractivity contribution >= 4 is 5.91 Å². The fourth-order valence-corrected chi connectivity index (χ4v) is 2.49. The Balaban J connectivity index is 1.52. The molecule has 23 heavy (non-hydrogen) atoms. The number of para-hydroxylation sites is 1. The van der Waals surface area contributed by atoms with Crippen LogP contribution in [0.15, 0.2) is 42.6 Å². The monoisotopic (exact) mass is 315 g/mol. The highest BCUT2D eigenvalue weighted by atomic mass is 16.5. The molecule has 2 atom stereocenters. The highest BCUT2D eigenvalue weighted by Gasteiger charge is 2.20. The second-order valence-electron chi connectivity index (χ2n) is 5.57. The molecule has 1 aromatic carbocycles. The van der Waals surface area contributed by atoms with Crippen molar-refractivity contribution in [2.24, 2.45) is 0 Å². The predicted molar refractivity (Wildman–Crippen MR) is 85.6 cm³/mol. The molecule has 122 valence electrons. The molecule has 1 N–H and O–H groups in total. The number of hydrogen-bond donors (Lipinski definition) is 1. The molecule has 0 spiro atoms. The topological polar surface area (TPSA) is 65.4 Å². The Kier molecular flexibility index (Phi) is 4.92. The molecule has 2 heterocycles. The lowest BCUT2D eigenvalue weighted by atomic mass is 10.2. The molecule has 1 fully saturated rings. The van der Waals surface area contributed by atoms with Crippen LogP contribution in [0.2, 0.25) is 0 Å². The van der Waals surface area contributed by atoms with Gasteiger partial charge in [0.25, 0.3) is 5.91 Å². The first kappa shape index (κ1) is 15.6. The highest BCUT2D eigenvalue weighted by molar-refractivity contribution is 5.80. The fraction of sp³-hybridized carbons (Fsp3) is 0.412. The van der Waals surface area contributed by atoms with Crippen molar-refractivity contribution in [1.29, 1.82) is 0 Å². The molecule has 1 saturated heterocycles. The van der Waals surface area contributed by atoms with E-state index in [1.807, 2.05) is 36.5 Å². The van der Waals surface area contributed by atoms with Gasteiger partial charge in [0, 0.05) is 25.4 Å². The van der Waals surface area contributed by atoms with Crippen molar-refractivity contribution in [3.8, 4) is 11.6 Å². The number of carbonyl (C=O) groups excluding carboxylic acids is 1. The quantitative estimate of drug-likeness (QED) is 0.885. The molecule has 2 aromatic rings. The Morgan fingerprint density at radius 3 is 3.00 bits per heavy atom. The van der Waals surface area contributed by atoms with Crippen LogP contribution in [0.5, 0.6) is 5.88 Å². The molecule has 0 aliphatic carbocycles. The average molecular weight is 315 g/mol. The van der Waals surface area contributed by atoms with E-state index in [2.05, 4.69) is 10.4 Å². The number of carbonyl (C=O) groups is 1. The number of nitrogens with one attached hydrogen (secondary N) is 1. The van der Waals surface area contributed by atoms with E-state index >= 15 is 0 Å². The lowest BCUT2D eigenvalue weighted by molar-refractivity contribution is -0.127. The minimum Gasteiger partial charge on any atom is -0.463 e. The third-order valence-corrected chi connectivity index (χ3v) is 3.78. The van der Waals surface area contributed by atoms with Gasteiger partial charge < -0.3 is 14.8 Å². The van der Waals surface area contributed by atoms with Crippen LogP contribution in [-0.4, -0.2) is 41.0 Å². The van der Waals surface area contributed by atoms with Gasteiger partial charge in [-0.25, -0.2) is 4.68 Å². The fourth-order valence-electron chi connectivity index (χ4n) is 2.49. The lowest BCUT2D eigenvalue weighted by Crippen LogP contribution is -2.40. The SMILES string of the molecule is CC(Oc1ccn(-c2ccccc2)n1)C(=O)NCC1CCCO1. The van der Waals surface area contributed by atoms with Crippen molar-refractivity contribution in [3.05, 3.63) is 42.6 Å². The van der Waals surface area contributed by atoms with E-state index in [1.54, 1.807) is 17.7 Å². The van der Waals surface area contributed by atoms with Gasteiger partial charge in [0.2, 0.25) is 5.88 Å². The van der Waals surface area contributed by atoms with Gasteiger partial charge in [-0.3, -0.25) is 4.79 Å². The molecule has 2 unspecified atom stereocenters. The maximum absolute atomic E-state index is 12.1. The Morgan fingerprint density at radius 2 is 2.26 bits per heavy atom. The third-order valence-electron chi connectivity index (χ3n) is 3.78. The number of ether oxygens (including phenoxy) is 2. The van der Waals surface area contributed by atoms with Crippen LogP contribution in [0.1, 0.15) is 19.8 Å². The zero-order valence-corrected chi connectivity index (χ0v) is 13.1. The normalized spacial score (nSPS) is 18.6. The van der Waals surface area contributed by atoms with Crippen molar-refractivity contribution in [1.82, 2.24) is 15.1 Å². The molecule has 6 heteroatoms. The lowest BCUT2D eigenvalue weighted by Gasteiger charge is -2.15. The minimum absolute atomic E-state index is 0.128. The first-order valence-corrected chi connectivity index (χ1v) is 7.89. The molecule has 6 nitrogen and oxygen atoms in total. The molecular weight excluding hydrogens is 294 g/mol. The first-order chi connectivity index (χ1) is 11.2. The molecule has 3 rings (SSSR count). The summed E-state index contributed by atoms with van der Waals surface area (Å²) in [5, 5.41) is 7.19. The van der Waals surface area contributed by atoms with Gasteiger partial charge in [-0.2, -0.15) is 0 Å². The summed E-state index contributed by atoms with van der Waals surface area (Å²) in [5.74, 6) is 0.267. The summed E-state index contributed by atoms with van der Waals surface area (Å²) in [4.78, 5) is 12.1. The first-order valence-electron chi connectivity index (χ1n) is 7.89. The molecule has 0 saturated carbocycles. The van der Waals surface area contributed by atoms with Gasteiger partial charge in [0.05, 0.1) is 11.8 Å². The average Bonchev–Trinajstić information content (AvgIpc) is 3.25.